The van der Waals surface area contributed by atoms with Crippen molar-refractivity contribution in [3.63, 3.8) is 0 Å². The molecule has 0 heterocycles. The molecule has 122 valence electrons. The first-order valence-corrected chi connectivity index (χ1v) is 8.70. The molecule has 3 atom stereocenters. The van der Waals surface area contributed by atoms with Crippen molar-refractivity contribution in [2.45, 2.75) is 65.4 Å². The number of fused-ring (bicyclic) bond motifs is 2. The standard InChI is InChI=1S/C20H30O2/c1-6-7-14-8-9-17(22-5)16(12-14)20(21)18(2,3)15-10-11-19(20,4)13-15/h8-9,12,15,21H,6-7,10-11,13H2,1-5H3. The number of aliphatic hydroxyl groups is 1. The molecule has 1 aromatic rings. The van der Waals surface area contributed by atoms with E-state index in [1.54, 1.807) is 7.11 Å². The topological polar surface area (TPSA) is 29.5 Å². The minimum Gasteiger partial charge on any atom is -0.496 e. The average Bonchev–Trinajstić information content (AvgIpc) is 2.96. The molecule has 0 aromatic heterocycles. The van der Waals surface area contributed by atoms with Crippen LogP contribution in [0, 0.1) is 16.7 Å². The molecule has 0 spiro atoms. The van der Waals surface area contributed by atoms with Crippen LogP contribution in [0.2, 0.25) is 0 Å². The summed E-state index contributed by atoms with van der Waals surface area (Å²) in [5, 5.41) is 12.0. The van der Waals surface area contributed by atoms with Gasteiger partial charge in [0.15, 0.2) is 0 Å². The van der Waals surface area contributed by atoms with Crippen LogP contribution < -0.4 is 4.74 Å². The maximum Gasteiger partial charge on any atom is 0.125 e. The highest BCUT2D eigenvalue weighted by atomic mass is 16.5. The summed E-state index contributed by atoms with van der Waals surface area (Å²) in [7, 11) is 1.71. The third kappa shape index (κ3) is 1.83. The summed E-state index contributed by atoms with van der Waals surface area (Å²) >= 11 is 0. The van der Waals surface area contributed by atoms with Crippen LogP contribution in [-0.2, 0) is 12.0 Å². The third-order valence-electron chi connectivity index (χ3n) is 6.76. The average molecular weight is 302 g/mol. The molecule has 3 unspecified atom stereocenters. The lowest BCUT2D eigenvalue weighted by Crippen LogP contribution is -2.51. The number of benzene rings is 1. The summed E-state index contributed by atoms with van der Waals surface area (Å²) in [4.78, 5) is 0. The van der Waals surface area contributed by atoms with E-state index in [9.17, 15) is 5.11 Å². The third-order valence-corrected chi connectivity index (χ3v) is 6.76. The Bertz CT molecular complexity index is 570. The predicted octanol–water partition coefficient (Wildman–Crippen LogP) is 4.68. The maximum absolute atomic E-state index is 12.0. The Hall–Kier alpha value is -1.02. The van der Waals surface area contributed by atoms with E-state index in [0.29, 0.717) is 5.92 Å². The van der Waals surface area contributed by atoms with Crippen molar-refractivity contribution in [1.82, 2.24) is 0 Å². The first-order chi connectivity index (χ1) is 10.3. The van der Waals surface area contributed by atoms with Crippen molar-refractivity contribution in [2.24, 2.45) is 16.7 Å². The van der Waals surface area contributed by atoms with E-state index in [1.807, 2.05) is 6.07 Å². The molecule has 2 bridgehead atoms. The van der Waals surface area contributed by atoms with Crippen LogP contribution in [0.1, 0.15) is 64.5 Å². The Kier molecular flexibility index (Phi) is 3.60. The molecule has 1 aromatic carbocycles. The lowest BCUT2D eigenvalue weighted by molar-refractivity contribution is -0.151. The summed E-state index contributed by atoms with van der Waals surface area (Å²) in [5.74, 6) is 1.44. The van der Waals surface area contributed by atoms with E-state index in [2.05, 4.69) is 39.8 Å². The predicted molar refractivity (Wildman–Crippen MR) is 90.1 cm³/mol. The quantitative estimate of drug-likeness (QED) is 0.875. The van der Waals surface area contributed by atoms with Gasteiger partial charge in [-0.15, -0.1) is 0 Å². The summed E-state index contributed by atoms with van der Waals surface area (Å²) in [6.45, 7) is 8.96. The summed E-state index contributed by atoms with van der Waals surface area (Å²) < 4.78 is 5.64. The molecule has 2 saturated carbocycles. The Balaban J connectivity index is 2.18. The molecule has 0 saturated heterocycles. The van der Waals surface area contributed by atoms with Gasteiger partial charge in [0.1, 0.15) is 11.4 Å². The number of rotatable bonds is 4. The summed E-state index contributed by atoms with van der Waals surface area (Å²) in [5.41, 5.74) is 1.35. The van der Waals surface area contributed by atoms with Gasteiger partial charge in [-0.1, -0.05) is 40.2 Å². The molecule has 2 aliphatic carbocycles. The van der Waals surface area contributed by atoms with Gasteiger partial charge in [0.05, 0.1) is 7.11 Å². The molecule has 0 amide bonds. The van der Waals surface area contributed by atoms with Gasteiger partial charge in [0.25, 0.3) is 0 Å². The molecule has 2 nitrogen and oxygen atoms in total. The Morgan fingerprint density at radius 1 is 1.27 bits per heavy atom. The smallest absolute Gasteiger partial charge is 0.125 e. The van der Waals surface area contributed by atoms with Crippen LogP contribution in [-0.4, -0.2) is 12.2 Å². The second kappa shape index (κ2) is 4.99. The summed E-state index contributed by atoms with van der Waals surface area (Å²) in [6, 6.07) is 6.39. The molecule has 2 fully saturated rings. The normalized spacial score (nSPS) is 35.8. The Morgan fingerprint density at radius 2 is 2.00 bits per heavy atom. The van der Waals surface area contributed by atoms with Gasteiger partial charge in [-0.25, -0.2) is 0 Å². The zero-order valence-corrected chi connectivity index (χ0v) is 14.7. The zero-order valence-electron chi connectivity index (χ0n) is 14.7. The highest BCUT2D eigenvalue weighted by Gasteiger charge is 2.69. The molecule has 2 aliphatic rings. The Morgan fingerprint density at radius 3 is 2.55 bits per heavy atom. The highest BCUT2D eigenvalue weighted by Crippen LogP contribution is 2.72. The van der Waals surface area contributed by atoms with Crippen molar-refractivity contribution in [3.8, 4) is 5.75 Å². The van der Waals surface area contributed by atoms with Crippen LogP contribution in [0.25, 0.3) is 0 Å². The van der Waals surface area contributed by atoms with E-state index in [1.165, 1.54) is 12.0 Å². The second-order valence-electron chi connectivity index (χ2n) is 8.22. The number of ether oxygens (including phenoxy) is 1. The highest BCUT2D eigenvalue weighted by molar-refractivity contribution is 5.46. The fourth-order valence-corrected chi connectivity index (χ4v) is 5.41. The number of hydrogen-bond donors (Lipinski definition) is 1. The van der Waals surface area contributed by atoms with E-state index in [4.69, 9.17) is 4.74 Å². The minimum atomic E-state index is -0.808. The molecule has 2 heteroatoms. The van der Waals surface area contributed by atoms with Crippen LogP contribution in [0.4, 0.5) is 0 Å². The van der Waals surface area contributed by atoms with E-state index < -0.39 is 5.60 Å². The summed E-state index contributed by atoms with van der Waals surface area (Å²) in [6.07, 6.45) is 5.64. The molecular formula is C20H30O2. The van der Waals surface area contributed by atoms with Crippen LogP contribution in [0.5, 0.6) is 5.75 Å². The van der Waals surface area contributed by atoms with Crippen LogP contribution in [0.3, 0.4) is 0 Å². The van der Waals surface area contributed by atoms with Gasteiger partial charge in [0, 0.05) is 16.4 Å². The lowest BCUT2D eigenvalue weighted by Gasteiger charge is -2.51. The molecule has 22 heavy (non-hydrogen) atoms. The van der Waals surface area contributed by atoms with Crippen molar-refractivity contribution in [2.75, 3.05) is 7.11 Å². The molecular weight excluding hydrogens is 272 g/mol. The van der Waals surface area contributed by atoms with Gasteiger partial charge >= 0.3 is 0 Å². The molecule has 3 rings (SSSR count). The van der Waals surface area contributed by atoms with Gasteiger partial charge in [-0.2, -0.15) is 0 Å². The molecule has 0 aliphatic heterocycles. The van der Waals surface area contributed by atoms with Gasteiger partial charge in [-0.3, -0.25) is 0 Å². The van der Waals surface area contributed by atoms with Crippen molar-refractivity contribution < 1.29 is 9.84 Å². The Labute approximate surface area is 134 Å². The largest absolute Gasteiger partial charge is 0.496 e. The fraction of sp³-hybridized carbons (Fsp3) is 0.700. The number of methoxy groups -OCH3 is 1. The van der Waals surface area contributed by atoms with Gasteiger partial charge < -0.3 is 9.84 Å². The fourth-order valence-electron chi connectivity index (χ4n) is 5.41. The molecule has 0 radical (unpaired) electrons. The minimum absolute atomic E-state index is 0.0424. The van der Waals surface area contributed by atoms with Gasteiger partial charge in [-0.05, 0) is 49.3 Å². The molecule has 1 N–H and O–H groups in total. The number of aryl methyl sites for hydroxylation is 1. The first kappa shape index (κ1) is 15.9. The van der Waals surface area contributed by atoms with Crippen LogP contribution in [0.15, 0.2) is 18.2 Å². The van der Waals surface area contributed by atoms with Crippen molar-refractivity contribution >= 4 is 0 Å². The lowest BCUT2D eigenvalue weighted by atomic mass is 9.57. The SMILES string of the molecule is CCCc1ccc(OC)c(C2(O)C3(C)CCC(C3)C2(C)C)c1. The number of hydrogen-bond acceptors (Lipinski definition) is 2. The first-order valence-electron chi connectivity index (χ1n) is 8.70. The van der Waals surface area contributed by atoms with E-state index >= 15 is 0 Å². The second-order valence-corrected chi connectivity index (χ2v) is 8.22. The van der Waals surface area contributed by atoms with E-state index in [0.717, 1.165) is 37.0 Å². The maximum atomic E-state index is 12.0. The van der Waals surface area contributed by atoms with Crippen molar-refractivity contribution in [1.29, 1.82) is 0 Å². The van der Waals surface area contributed by atoms with Crippen molar-refractivity contribution in [3.05, 3.63) is 29.3 Å². The van der Waals surface area contributed by atoms with Crippen LogP contribution >= 0.6 is 0 Å². The van der Waals surface area contributed by atoms with Gasteiger partial charge in [0.2, 0.25) is 0 Å². The monoisotopic (exact) mass is 302 g/mol. The van der Waals surface area contributed by atoms with E-state index in [-0.39, 0.29) is 10.8 Å². The zero-order chi connectivity index (χ0) is 16.2.